The van der Waals surface area contributed by atoms with Gasteiger partial charge in [-0.15, -0.1) is 0 Å². The molecule has 0 saturated carbocycles. The first-order valence-electron chi connectivity index (χ1n) is 7.29. The van der Waals surface area contributed by atoms with Crippen molar-refractivity contribution < 1.29 is 9.13 Å². The lowest BCUT2D eigenvalue weighted by Gasteiger charge is -2.15. The minimum atomic E-state index is -0.316. The fraction of sp³-hybridized carbons (Fsp3) is 0.333. The van der Waals surface area contributed by atoms with Crippen LogP contribution in [0.5, 0.6) is 11.5 Å². The van der Waals surface area contributed by atoms with Crippen molar-refractivity contribution in [2.75, 3.05) is 0 Å². The first kappa shape index (κ1) is 15.5. The van der Waals surface area contributed by atoms with Gasteiger partial charge in [0.25, 0.3) is 0 Å². The van der Waals surface area contributed by atoms with Gasteiger partial charge in [0, 0.05) is 6.04 Å². The van der Waals surface area contributed by atoms with E-state index in [0.717, 1.165) is 24.0 Å². The Kier molecular flexibility index (Phi) is 4.97. The molecule has 2 N–H and O–H groups in total. The number of benzene rings is 2. The number of hydrogen-bond donors (Lipinski definition) is 1. The summed E-state index contributed by atoms with van der Waals surface area (Å²) in [6.07, 6.45) is 1.62. The number of ether oxygens (including phenoxy) is 1. The van der Waals surface area contributed by atoms with Gasteiger partial charge in [-0.25, -0.2) is 4.39 Å². The van der Waals surface area contributed by atoms with E-state index in [0.29, 0.717) is 11.3 Å². The lowest BCUT2D eigenvalue weighted by atomic mass is 10.0. The number of hydrogen-bond acceptors (Lipinski definition) is 2. The maximum Gasteiger partial charge on any atom is 0.168 e. The largest absolute Gasteiger partial charge is 0.454 e. The molecule has 0 aromatic heterocycles. The van der Waals surface area contributed by atoms with Crippen molar-refractivity contribution >= 4 is 0 Å². The second-order valence-electron chi connectivity index (χ2n) is 5.47. The summed E-state index contributed by atoms with van der Waals surface area (Å²) >= 11 is 0. The molecule has 0 radical (unpaired) electrons. The number of aryl methyl sites for hydroxylation is 2. The Morgan fingerprint density at radius 2 is 1.90 bits per heavy atom. The summed E-state index contributed by atoms with van der Waals surface area (Å²) in [6.45, 7) is 5.81. The van der Waals surface area contributed by atoms with Crippen molar-refractivity contribution in [3.63, 3.8) is 0 Å². The van der Waals surface area contributed by atoms with Gasteiger partial charge in [0.05, 0.1) is 0 Å². The Balaban J connectivity index is 2.33. The van der Waals surface area contributed by atoms with Crippen LogP contribution in [0.25, 0.3) is 0 Å². The minimum Gasteiger partial charge on any atom is -0.454 e. The molecule has 2 nitrogen and oxygen atoms in total. The summed E-state index contributed by atoms with van der Waals surface area (Å²) in [5, 5.41) is 0. The van der Waals surface area contributed by atoms with Crippen molar-refractivity contribution in [2.45, 2.75) is 39.7 Å². The van der Waals surface area contributed by atoms with Crippen LogP contribution in [0.3, 0.4) is 0 Å². The second kappa shape index (κ2) is 6.72. The third kappa shape index (κ3) is 3.82. The molecule has 1 atom stereocenters. The molecule has 0 aliphatic heterocycles. The first-order chi connectivity index (χ1) is 10.0. The molecule has 0 saturated heterocycles. The van der Waals surface area contributed by atoms with E-state index in [1.54, 1.807) is 25.1 Å². The monoisotopic (exact) mass is 287 g/mol. The summed E-state index contributed by atoms with van der Waals surface area (Å²) in [7, 11) is 0. The highest BCUT2D eigenvalue weighted by atomic mass is 19.1. The first-order valence-corrected chi connectivity index (χ1v) is 7.29. The van der Waals surface area contributed by atoms with Gasteiger partial charge in [-0.2, -0.15) is 0 Å². The highest BCUT2D eigenvalue weighted by Crippen LogP contribution is 2.30. The molecule has 3 heteroatoms. The van der Waals surface area contributed by atoms with Crippen LogP contribution in [0.15, 0.2) is 36.4 Å². The van der Waals surface area contributed by atoms with Crippen molar-refractivity contribution in [3.05, 3.63) is 58.9 Å². The zero-order valence-electron chi connectivity index (χ0n) is 12.8. The quantitative estimate of drug-likeness (QED) is 0.877. The molecule has 0 bridgehead atoms. The van der Waals surface area contributed by atoms with E-state index in [2.05, 4.69) is 13.0 Å². The predicted octanol–water partition coefficient (Wildman–Crippen LogP) is 4.51. The summed E-state index contributed by atoms with van der Waals surface area (Å²) in [4.78, 5) is 0. The van der Waals surface area contributed by atoms with E-state index in [-0.39, 0.29) is 17.6 Å². The van der Waals surface area contributed by atoms with Crippen molar-refractivity contribution in [3.8, 4) is 11.5 Å². The van der Waals surface area contributed by atoms with E-state index < -0.39 is 0 Å². The Morgan fingerprint density at radius 1 is 1.14 bits per heavy atom. The summed E-state index contributed by atoms with van der Waals surface area (Å²) in [6, 6.07) is 11.1. The van der Waals surface area contributed by atoms with Crippen LogP contribution in [0.1, 0.15) is 30.0 Å². The lowest BCUT2D eigenvalue weighted by molar-refractivity contribution is 0.433. The summed E-state index contributed by atoms with van der Waals surface area (Å²) in [5.41, 5.74) is 8.78. The van der Waals surface area contributed by atoms with Gasteiger partial charge in [-0.1, -0.05) is 36.8 Å². The normalized spacial score (nSPS) is 12.2. The van der Waals surface area contributed by atoms with Gasteiger partial charge in [-0.05, 0) is 49.9 Å². The number of rotatable bonds is 5. The molecule has 112 valence electrons. The molecule has 0 spiro atoms. The van der Waals surface area contributed by atoms with Crippen LogP contribution in [0.4, 0.5) is 4.39 Å². The maximum atomic E-state index is 14.1. The highest BCUT2D eigenvalue weighted by Gasteiger charge is 2.12. The highest BCUT2D eigenvalue weighted by molar-refractivity contribution is 5.42. The fourth-order valence-corrected chi connectivity index (χ4v) is 2.21. The summed E-state index contributed by atoms with van der Waals surface area (Å²) < 4.78 is 19.9. The van der Waals surface area contributed by atoms with Gasteiger partial charge >= 0.3 is 0 Å². The van der Waals surface area contributed by atoms with Gasteiger partial charge in [0.2, 0.25) is 0 Å². The molecule has 0 heterocycles. The van der Waals surface area contributed by atoms with E-state index >= 15 is 0 Å². The van der Waals surface area contributed by atoms with Crippen LogP contribution in [0, 0.1) is 19.7 Å². The molecular formula is C18H22FNO. The topological polar surface area (TPSA) is 35.2 Å². The fourth-order valence-electron chi connectivity index (χ4n) is 2.21. The molecule has 0 aliphatic rings. The standard InChI is InChI=1S/C18H22FNO/c1-4-15(20)11-14-10-12(2)8-9-16(14)21-17-7-5-6-13(3)18(17)19/h5-10,15H,4,11,20H2,1-3H3. The summed E-state index contributed by atoms with van der Waals surface area (Å²) in [5.74, 6) is 0.614. The molecule has 2 aromatic rings. The van der Waals surface area contributed by atoms with Crippen molar-refractivity contribution in [1.29, 1.82) is 0 Å². The molecule has 2 rings (SSSR count). The van der Waals surface area contributed by atoms with Crippen LogP contribution in [-0.2, 0) is 6.42 Å². The number of halogens is 1. The molecule has 0 aliphatic carbocycles. The Labute approximate surface area is 125 Å². The SMILES string of the molecule is CCC(N)Cc1cc(C)ccc1Oc1cccc(C)c1F. The molecular weight excluding hydrogens is 265 g/mol. The zero-order valence-corrected chi connectivity index (χ0v) is 12.8. The zero-order chi connectivity index (χ0) is 15.4. The average molecular weight is 287 g/mol. The van der Waals surface area contributed by atoms with Crippen LogP contribution < -0.4 is 10.5 Å². The van der Waals surface area contributed by atoms with E-state index in [9.17, 15) is 4.39 Å². The molecule has 21 heavy (non-hydrogen) atoms. The minimum absolute atomic E-state index is 0.0801. The maximum absolute atomic E-state index is 14.1. The molecule has 1 unspecified atom stereocenters. The van der Waals surface area contributed by atoms with Crippen LogP contribution >= 0.6 is 0 Å². The van der Waals surface area contributed by atoms with Gasteiger partial charge in [0.1, 0.15) is 5.75 Å². The van der Waals surface area contributed by atoms with Crippen LogP contribution in [-0.4, -0.2) is 6.04 Å². The van der Waals surface area contributed by atoms with Crippen molar-refractivity contribution in [2.24, 2.45) is 5.73 Å². The smallest absolute Gasteiger partial charge is 0.168 e. The molecule has 0 amide bonds. The third-order valence-corrected chi connectivity index (χ3v) is 3.60. The lowest BCUT2D eigenvalue weighted by Crippen LogP contribution is -2.21. The Hall–Kier alpha value is -1.87. The van der Waals surface area contributed by atoms with E-state index in [1.165, 1.54) is 0 Å². The van der Waals surface area contributed by atoms with Crippen LogP contribution in [0.2, 0.25) is 0 Å². The van der Waals surface area contributed by atoms with Gasteiger partial charge in [-0.3, -0.25) is 0 Å². The predicted molar refractivity (Wildman–Crippen MR) is 84.4 cm³/mol. The van der Waals surface area contributed by atoms with Gasteiger partial charge in [0.15, 0.2) is 11.6 Å². The van der Waals surface area contributed by atoms with E-state index in [4.69, 9.17) is 10.5 Å². The molecule has 2 aromatic carbocycles. The Morgan fingerprint density at radius 3 is 2.62 bits per heavy atom. The number of nitrogens with two attached hydrogens (primary N) is 1. The third-order valence-electron chi connectivity index (χ3n) is 3.60. The van der Waals surface area contributed by atoms with E-state index in [1.807, 2.05) is 19.1 Å². The second-order valence-corrected chi connectivity index (χ2v) is 5.47. The van der Waals surface area contributed by atoms with Gasteiger partial charge < -0.3 is 10.5 Å². The molecule has 0 fully saturated rings. The Bertz CT molecular complexity index is 625. The average Bonchev–Trinajstić information content (AvgIpc) is 2.46. The van der Waals surface area contributed by atoms with Crippen molar-refractivity contribution in [1.82, 2.24) is 0 Å².